The first-order valence-corrected chi connectivity index (χ1v) is 10.7. The summed E-state index contributed by atoms with van der Waals surface area (Å²) in [5.74, 6) is -3.15. The Kier molecular flexibility index (Phi) is 6.44. The first-order valence-electron chi connectivity index (χ1n) is 10.7. The third-order valence-corrected chi connectivity index (χ3v) is 5.44. The predicted octanol–water partition coefficient (Wildman–Crippen LogP) is 3.75. The van der Waals surface area contributed by atoms with Gasteiger partial charge in [0.15, 0.2) is 11.5 Å². The smallest absolute Gasteiger partial charge is 0.354 e. The molecule has 9 heteroatoms. The van der Waals surface area contributed by atoms with Crippen molar-refractivity contribution < 1.29 is 29.3 Å². The van der Waals surface area contributed by atoms with Gasteiger partial charge >= 0.3 is 17.9 Å². The lowest BCUT2D eigenvalue weighted by atomic mass is 10.1. The van der Waals surface area contributed by atoms with Gasteiger partial charge in [0.25, 0.3) is 0 Å². The Bertz CT molecular complexity index is 1380. The largest absolute Gasteiger partial charge is 0.480 e. The average Bonchev–Trinajstić information content (AvgIpc) is 3.13. The fraction of sp³-hybridized carbons (Fsp3) is 0.200. The summed E-state index contributed by atoms with van der Waals surface area (Å²) in [6.07, 6.45) is -0.442. The fourth-order valence-corrected chi connectivity index (χ4v) is 3.97. The Hall–Kier alpha value is -4.40. The second-order valence-corrected chi connectivity index (χ2v) is 7.69. The van der Waals surface area contributed by atoms with Gasteiger partial charge in [0.2, 0.25) is 0 Å². The first-order chi connectivity index (χ1) is 16.4. The molecular formula is C25H23N3O6. The van der Waals surface area contributed by atoms with Crippen LogP contribution in [-0.2, 0) is 20.9 Å². The zero-order valence-corrected chi connectivity index (χ0v) is 18.4. The molecule has 0 saturated heterocycles. The number of carboxylic acids is 2. The van der Waals surface area contributed by atoms with Crippen molar-refractivity contribution in [2.45, 2.75) is 25.9 Å². The minimum absolute atomic E-state index is 0.0683. The molecule has 0 aliphatic rings. The number of nitrogens with zero attached hydrogens (tertiary/aromatic N) is 2. The second kappa shape index (κ2) is 9.62. The molecule has 0 saturated carbocycles. The van der Waals surface area contributed by atoms with Gasteiger partial charge in [0, 0.05) is 22.8 Å². The van der Waals surface area contributed by atoms with Crippen LogP contribution in [0.3, 0.4) is 0 Å². The number of nitrogens with one attached hydrogen (secondary N) is 1. The van der Waals surface area contributed by atoms with Crippen LogP contribution in [0, 0.1) is 0 Å². The van der Waals surface area contributed by atoms with E-state index in [1.165, 1.54) is 6.07 Å². The molecule has 2 heterocycles. The van der Waals surface area contributed by atoms with Gasteiger partial charge in [-0.05, 0) is 24.6 Å². The molecule has 0 unspecified atom stereocenters. The molecule has 4 aromatic rings. The number of pyridine rings is 1. The van der Waals surface area contributed by atoms with Crippen LogP contribution in [-0.4, -0.2) is 50.3 Å². The normalized spacial score (nSPS) is 11.9. The van der Waals surface area contributed by atoms with Gasteiger partial charge in [0.05, 0.1) is 18.5 Å². The molecule has 0 amide bonds. The minimum Gasteiger partial charge on any atom is -0.480 e. The van der Waals surface area contributed by atoms with E-state index in [1.54, 1.807) is 6.92 Å². The molecule has 0 radical (unpaired) electrons. The summed E-state index contributed by atoms with van der Waals surface area (Å²) in [4.78, 5) is 40.0. The number of para-hydroxylation sites is 1. The number of aromatic nitrogens is 2. The zero-order valence-electron chi connectivity index (χ0n) is 18.4. The van der Waals surface area contributed by atoms with Crippen LogP contribution in [0.4, 0.5) is 5.82 Å². The van der Waals surface area contributed by atoms with E-state index in [-0.39, 0.29) is 18.1 Å². The van der Waals surface area contributed by atoms with Crippen LogP contribution in [0.15, 0.2) is 60.7 Å². The maximum atomic E-state index is 12.0. The molecule has 3 N–H and O–H groups in total. The van der Waals surface area contributed by atoms with Crippen molar-refractivity contribution in [3.8, 4) is 0 Å². The highest BCUT2D eigenvalue weighted by atomic mass is 16.5. The number of carbonyl (C=O) groups is 3. The van der Waals surface area contributed by atoms with E-state index < -0.39 is 30.4 Å². The Morgan fingerprint density at radius 3 is 2.41 bits per heavy atom. The SMILES string of the molecule is CCOC(=O)C[C@H](Nc1nc(C(=O)O)cc2c3ccccc3n(Cc3ccccc3)c12)C(=O)O. The maximum Gasteiger partial charge on any atom is 0.354 e. The number of aromatic carboxylic acids is 1. The van der Waals surface area contributed by atoms with E-state index in [9.17, 15) is 24.6 Å². The first kappa shape index (κ1) is 22.8. The summed E-state index contributed by atoms with van der Waals surface area (Å²) in [6.45, 7) is 2.20. The lowest BCUT2D eigenvalue weighted by Gasteiger charge is -2.17. The van der Waals surface area contributed by atoms with Gasteiger partial charge in [0.1, 0.15) is 6.04 Å². The van der Waals surface area contributed by atoms with Crippen molar-refractivity contribution in [2.24, 2.45) is 0 Å². The van der Waals surface area contributed by atoms with Gasteiger partial charge in [-0.3, -0.25) is 4.79 Å². The van der Waals surface area contributed by atoms with Crippen molar-refractivity contribution in [2.75, 3.05) is 11.9 Å². The van der Waals surface area contributed by atoms with Crippen LogP contribution >= 0.6 is 0 Å². The fourth-order valence-electron chi connectivity index (χ4n) is 3.97. The Morgan fingerprint density at radius 2 is 1.74 bits per heavy atom. The summed E-state index contributed by atoms with van der Waals surface area (Å²) in [7, 11) is 0. The standard InChI is InChI=1S/C25H23N3O6/c1-2-34-21(29)13-19(25(32)33)27-23-22-17(12-18(26-23)24(30)31)16-10-6-7-11-20(16)28(22)14-15-8-4-3-5-9-15/h3-12,19H,2,13-14H2,1H3,(H,26,27)(H,30,31)(H,32,33)/t19-/m0/s1. The molecule has 4 rings (SSSR count). The third-order valence-electron chi connectivity index (χ3n) is 5.44. The van der Waals surface area contributed by atoms with Gasteiger partial charge in [-0.15, -0.1) is 0 Å². The number of benzene rings is 2. The summed E-state index contributed by atoms with van der Waals surface area (Å²) < 4.78 is 6.86. The molecule has 34 heavy (non-hydrogen) atoms. The number of ether oxygens (including phenoxy) is 1. The number of fused-ring (bicyclic) bond motifs is 3. The van der Waals surface area contributed by atoms with Gasteiger partial charge in [-0.2, -0.15) is 0 Å². The Balaban J connectivity index is 1.93. The minimum atomic E-state index is -1.36. The number of rotatable bonds is 9. The molecule has 0 spiro atoms. The summed E-state index contributed by atoms with van der Waals surface area (Å²) in [5.41, 5.74) is 2.15. The van der Waals surface area contributed by atoms with Crippen LogP contribution < -0.4 is 5.32 Å². The second-order valence-electron chi connectivity index (χ2n) is 7.69. The molecule has 0 aliphatic heterocycles. The number of anilines is 1. The molecule has 0 bridgehead atoms. The number of aliphatic carboxylic acids is 1. The monoisotopic (exact) mass is 461 g/mol. The van der Waals surface area contributed by atoms with Gasteiger partial charge in [-0.25, -0.2) is 14.6 Å². The number of hydrogen-bond acceptors (Lipinski definition) is 6. The highest BCUT2D eigenvalue weighted by molar-refractivity contribution is 6.13. The highest BCUT2D eigenvalue weighted by Crippen LogP contribution is 2.34. The Labute approximate surface area is 194 Å². The molecule has 1 atom stereocenters. The maximum absolute atomic E-state index is 12.0. The van der Waals surface area contributed by atoms with Crippen LogP contribution in [0.25, 0.3) is 21.8 Å². The van der Waals surface area contributed by atoms with Crippen molar-refractivity contribution in [1.29, 1.82) is 0 Å². The molecule has 174 valence electrons. The number of carboxylic acid groups (broad SMARTS) is 2. The van der Waals surface area contributed by atoms with Crippen molar-refractivity contribution in [1.82, 2.24) is 9.55 Å². The third kappa shape index (κ3) is 4.54. The summed E-state index contributed by atoms with van der Waals surface area (Å²) in [6, 6.07) is 17.3. The van der Waals surface area contributed by atoms with Crippen LogP contribution in [0.2, 0.25) is 0 Å². The molecule has 9 nitrogen and oxygen atoms in total. The van der Waals surface area contributed by atoms with Crippen LogP contribution in [0.1, 0.15) is 29.4 Å². The summed E-state index contributed by atoms with van der Waals surface area (Å²) >= 11 is 0. The van der Waals surface area contributed by atoms with Gasteiger partial charge < -0.3 is 24.8 Å². The number of hydrogen-bond donors (Lipinski definition) is 3. The van der Waals surface area contributed by atoms with Crippen molar-refractivity contribution >= 4 is 45.5 Å². The van der Waals surface area contributed by atoms with Crippen molar-refractivity contribution in [3.05, 3.63) is 71.9 Å². The summed E-state index contributed by atoms with van der Waals surface area (Å²) in [5, 5.41) is 23.6. The lowest BCUT2D eigenvalue weighted by molar-refractivity contribution is -0.148. The lowest BCUT2D eigenvalue weighted by Crippen LogP contribution is -2.33. The van der Waals surface area contributed by atoms with E-state index in [1.807, 2.05) is 59.2 Å². The topological polar surface area (TPSA) is 131 Å². The predicted molar refractivity (Wildman–Crippen MR) is 126 cm³/mol. The highest BCUT2D eigenvalue weighted by Gasteiger charge is 2.26. The van der Waals surface area contributed by atoms with Crippen LogP contribution in [0.5, 0.6) is 0 Å². The Morgan fingerprint density at radius 1 is 1.03 bits per heavy atom. The van der Waals surface area contributed by atoms with E-state index in [2.05, 4.69) is 10.3 Å². The quantitative estimate of drug-likeness (QED) is 0.321. The average molecular weight is 461 g/mol. The molecule has 0 fully saturated rings. The molecule has 2 aromatic carbocycles. The molecular weight excluding hydrogens is 438 g/mol. The van der Waals surface area contributed by atoms with E-state index >= 15 is 0 Å². The molecule has 2 aromatic heterocycles. The molecule has 0 aliphatic carbocycles. The van der Waals surface area contributed by atoms with E-state index in [0.29, 0.717) is 17.4 Å². The number of esters is 1. The van der Waals surface area contributed by atoms with E-state index in [4.69, 9.17) is 4.74 Å². The van der Waals surface area contributed by atoms with E-state index in [0.717, 1.165) is 16.5 Å². The van der Waals surface area contributed by atoms with Gasteiger partial charge in [-0.1, -0.05) is 48.5 Å². The zero-order chi connectivity index (χ0) is 24.2. The number of carbonyl (C=O) groups excluding carboxylic acids is 1. The van der Waals surface area contributed by atoms with Crippen molar-refractivity contribution in [3.63, 3.8) is 0 Å².